The van der Waals surface area contributed by atoms with E-state index >= 15 is 0 Å². The number of hydrogen-bond acceptors (Lipinski definition) is 8. The number of amides is 4. The third-order valence-corrected chi connectivity index (χ3v) is 7.43. The molecule has 0 fully saturated rings. The number of Topliss-reactive ketones (excluding diaryl/α,β-unsaturated/α-hetero) is 1. The molecule has 0 aliphatic carbocycles. The number of rotatable bonds is 14. The predicted molar refractivity (Wildman–Crippen MR) is 153 cm³/mol. The predicted octanol–water partition coefficient (Wildman–Crippen LogP) is 0.667. The third-order valence-electron chi connectivity index (χ3n) is 7.43. The highest BCUT2D eigenvalue weighted by Crippen LogP contribution is 2.34. The summed E-state index contributed by atoms with van der Waals surface area (Å²) in [7, 11) is 1.12. The minimum Gasteiger partial charge on any atom is -0.469 e. The largest absolute Gasteiger partial charge is 0.469 e. The molecule has 0 radical (unpaired) electrons. The molecular formula is C30H37N5O7. The van der Waals surface area contributed by atoms with Gasteiger partial charge in [-0.05, 0) is 23.1 Å². The van der Waals surface area contributed by atoms with Gasteiger partial charge in [-0.25, -0.2) is 0 Å². The highest BCUT2D eigenvalue weighted by Gasteiger charge is 2.43. The van der Waals surface area contributed by atoms with Gasteiger partial charge < -0.3 is 26.0 Å². The number of benzene rings is 2. The molecule has 2 aromatic carbocycles. The van der Waals surface area contributed by atoms with Crippen molar-refractivity contribution >= 4 is 41.6 Å². The number of fused-ring (bicyclic) bond motifs is 1. The maximum Gasteiger partial charge on any atom is 0.308 e. The number of ether oxygens (including phenoxy) is 1. The lowest BCUT2D eigenvalue weighted by molar-refractivity contribution is -0.149. The van der Waals surface area contributed by atoms with Crippen molar-refractivity contribution < 1.29 is 33.5 Å². The van der Waals surface area contributed by atoms with E-state index in [-0.39, 0.29) is 18.9 Å². The van der Waals surface area contributed by atoms with Gasteiger partial charge in [0.1, 0.15) is 12.2 Å². The van der Waals surface area contributed by atoms with E-state index in [9.17, 15) is 28.8 Å². The summed E-state index contributed by atoms with van der Waals surface area (Å²) in [5.41, 5.74) is 7.91. The first-order chi connectivity index (χ1) is 20.1. The number of carbonyl (C=O) groups excluding carboxylic acids is 6. The first-order valence-corrected chi connectivity index (χ1v) is 13.7. The fourth-order valence-corrected chi connectivity index (χ4v) is 4.73. The molecule has 0 saturated carbocycles. The summed E-state index contributed by atoms with van der Waals surface area (Å²) in [6.45, 7) is 3.36. The molecule has 2 aromatic rings. The summed E-state index contributed by atoms with van der Waals surface area (Å²) in [4.78, 5) is 79.6. The van der Waals surface area contributed by atoms with Crippen LogP contribution in [0, 0.1) is 5.92 Å². The van der Waals surface area contributed by atoms with Crippen molar-refractivity contribution in [3.8, 4) is 0 Å². The van der Waals surface area contributed by atoms with Crippen LogP contribution in [0.5, 0.6) is 0 Å². The number of carbonyl (C=O) groups is 6. The molecule has 4 amide bonds. The Balaban J connectivity index is 1.87. The fourth-order valence-electron chi connectivity index (χ4n) is 4.73. The smallest absolute Gasteiger partial charge is 0.308 e. The molecule has 42 heavy (non-hydrogen) atoms. The first kappa shape index (κ1) is 31.9. The standard InChI is InChI=1S/C30H37N5O7/c1-4-19(2)27(31)29(40)33-17-25(37)35-22-13-9-8-12-21(22)14-24(35)34(18-36)23(15-26(38)42-3)28(39)30(41)32-16-20-10-6-5-7-11-20/h5-13,18-19,23-24,27H,4,14-17,31H2,1-3H3,(H,32,41)(H,33,40)/t19-,23?,24-,27-/m0/s1. The van der Waals surface area contributed by atoms with Crippen LogP contribution in [0.15, 0.2) is 54.6 Å². The normalized spacial score (nSPS) is 15.9. The second-order valence-corrected chi connectivity index (χ2v) is 10.1. The van der Waals surface area contributed by atoms with Crippen molar-refractivity contribution in [1.29, 1.82) is 0 Å². The van der Waals surface area contributed by atoms with E-state index in [1.807, 2.05) is 19.9 Å². The minimum atomic E-state index is -1.56. The summed E-state index contributed by atoms with van der Waals surface area (Å²) in [6, 6.07) is 13.4. The van der Waals surface area contributed by atoms with Crippen molar-refractivity contribution in [2.24, 2.45) is 11.7 Å². The first-order valence-electron chi connectivity index (χ1n) is 13.7. The van der Waals surface area contributed by atoms with Crippen LogP contribution >= 0.6 is 0 Å². The molecule has 12 heteroatoms. The molecule has 1 heterocycles. The second-order valence-electron chi connectivity index (χ2n) is 10.1. The topological polar surface area (TPSA) is 168 Å². The van der Waals surface area contributed by atoms with Crippen LogP contribution < -0.4 is 21.3 Å². The molecule has 4 atom stereocenters. The molecule has 224 valence electrons. The Kier molecular flexibility index (Phi) is 11.3. The van der Waals surface area contributed by atoms with E-state index < -0.39 is 60.7 Å². The Morgan fingerprint density at radius 2 is 1.74 bits per heavy atom. The van der Waals surface area contributed by atoms with Gasteiger partial charge in [0.15, 0.2) is 0 Å². The fraction of sp³-hybridized carbons (Fsp3) is 0.400. The van der Waals surface area contributed by atoms with Gasteiger partial charge in [-0.2, -0.15) is 0 Å². The number of ketones is 1. The third kappa shape index (κ3) is 7.58. The zero-order valence-electron chi connectivity index (χ0n) is 23.9. The van der Waals surface area contributed by atoms with Crippen LogP contribution in [-0.4, -0.2) is 72.7 Å². The number of hydrogen-bond donors (Lipinski definition) is 3. The molecule has 3 rings (SSSR count). The molecule has 0 spiro atoms. The van der Waals surface area contributed by atoms with Gasteiger partial charge in [-0.3, -0.25) is 33.7 Å². The van der Waals surface area contributed by atoms with Crippen LogP contribution in [-0.2, 0) is 46.5 Å². The minimum absolute atomic E-state index is 0.0510. The zero-order chi connectivity index (χ0) is 30.8. The number of methoxy groups -OCH3 is 1. The van der Waals surface area contributed by atoms with Gasteiger partial charge >= 0.3 is 5.97 Å². The van der Waals surface area contributed by atoms with Gasteiger partial charge in [0.2, 0.25) is 24.0 Å². The van der Waals surface area contributed by atoms with Gasteiger partial charge in [0.25, 0.3) is 5.91 Å². The quantitative estimate of drug-likeness (QED) is 0.167. The molecule has 1 aliphatic heterocycles. The van der Waals surface area contributed by atoms with Crippen molar-refractivity contribution in [3.05, 3.63) is 65.7 Å². The van der Waals surface area contributed by atoms with Crippen molar-refractivity contribution in [2.75, 3.05) is 18.6 Å². The van der Waals surface area contributed by atoms with Crippen LogP contribution in [0.4, 0.5) is 5.69 Å². The summed E-state index contributed by atoms with van der Waals surface area (Å²) < 4.78 is 4.74. The maximum atomic E-state index is 13.5. The van der Waals surface area contributed by atoms with Crippen molar-refractivity contribution in [2.45, 2.75) is 57.9 Å². The van der Waals surface area contributed by atoms with Crippen molar-refractivity contribution in [3.63, 3.8) is 0 Å². The van der Waals surface area contributed by atoms with E-state index in [0.29, 0.717) is 24.1 Å². The Labute approximate surface area is 244 Å². The summed E-state index contributed by atoms with van der Waals surface area (Å²) in [5, 5.41) is 5.08. The lowest BCUT2D eigenvalue weighted by Crippen LogP contribution is -2.59. The number of nitrogens with two attached hydrogens (primary N) is 1. The van der Waals surface area contributed by atoms with Crippen LogP contribution in [0.3, 0.4) is 0 Å². The average Bonchev–Trinajstić information content (AvgIpc) is 3.40. The van der Waals surface area contributed by atoms with Crippen LogP contribution in [0.2, 0.25) is 0 Å². The number of anilines is 1. The second kappa shape index (κ2) is 14.9. The van der Waals surface area contributed by atoms with Gasteiger partial charge in [-0.1, -0.05) is 68.8 Å². The molecule has 1 unspecified atom stereocenters. The Morgan fingerprint density at radius 1 is 1.07 bits per heavy atom. The van der Waals surface area contributed by atoms with Gasteiger partial charge in [0, 0.05) is 18.7 Å². The van der Waals surface area contributed by atoms with Gasteiger partial charge in [-0.15, -0.1) is 0 Å². The molecule has 1 aliphatic rings. The summed E-state index contributed by atoms with van der Waals surface area (Å²) in [6.07, 6.45) is -0.537. The van der Waals surface area contributed by atoms with E-state index in [0.717, 1.165) is 17.6 Å². The highest BCUT2D eigenvalue weighted by molar-refractivity contribution is 6.38. The number of esters is 1. The van der Waals surface area contributed by atoms with E-state index in [1.54, 1.807) is 48.5 Å². The monoisotopic (exact) mass is 579 g/mol. The highest BCUT2D eigenvalue weighted by atomic mass is 16.5. The lowest BCUT2D eigenvalue weighted by atomic mass is 9.99. The molecule has 12 nitrogen and oxygen atoms in total. The van der Waals surface area contributed by atoms with Crippen molar-refractivity contribution in [1.82, 2.24) is 15.5 Å². The Bertz CT molecular complexity index is 1300. The SMILES string of the molecule is CC[C@H](C)[C@H](N)C(=O)NCC(=O)N1c2ccccc2C[C@H]1N(C=O)C(CC(=O)OC)C(=O)C(=O)NCc1ccccc1. The summed E-state index contributed by atoms with van der Waals surface area (Å²) in [5.74, 6) is -4.04. The number of para-hydroxylation sites is 1. The van der Waals surface area contributed by atoms with E-state index in [2.05, 4.69) is 10.6 Å². The average molecular weight is 580 g/mol. The lowest BCUT2D eigenvalue weighted by Gasteiger charge is -2.37. The van der Waals surface area contributed by atoms with E-state index in [4.69, 9.17) is 10.5 Å². The Hall–Kier alpha value is -4.58. The molecule has 0 aromatic heterocycles. The molecule has 0 bridgehead atoms. The van der Waals surface area contributed by atoms with Crippen LogP contribution in [0.25, 0.3) is 0 Å². The molecule has 0 saturated heterocycles. The molecule has 4 N–H and O–H groups in total. The Morgan fingerprint density at radius 3 is 2.38 bits per heavy atom. The zero-order valence-corrected chi connectivity index (χ0v) is 23.9. The number of nitrogens with zero attached hydrogens (tertiary/aromatic N) is 2. The molecular weight excluding hydrogens is 542 g/mol. The summed E-state index contributed by atoms with van der Waals surface area (Å²) >= 11 is 0. The van der Waals surface area contributed by atoms with Gasteiger partial charge in [0.05, 0.1) is 26.1 Å². The van der Waals surface area contributed by atoms with E-state index in [1.165, 1.54) is 4.90 Å². The number of nitrogens with one attached hydrogen (secondary N) is 2. The van der Waals surface area contributed by atoms with Crippen LogP contribution in [0.1, 0.15) is 37.8 Å². The maximum absolute atomic E-state index is 13.5.